The highest BCUT2D eigenvalue weighted by Crippen LogP contribution is 2.21. The van der Waals surface area contributed by atoms with Gasteiger partial charge in [-0.1, -0.05) is 23.6 Å². The Morgan fingerprint density at radius 3 is 2.84 bits per heavy atom. The molecule has 1 aliphatic heterocycles. The summed E-state index contributed by atoms with van der Waals surface area (Å²) in [6.07, 6.45) is 1.93. The molecule has 8 nitrogen and oxygen atoms in total. The molecule has 1 aliphatic rings. The summed E-state index contributed by atoms with van der Waals surface area (Å²) in [5.74, 6) is 1.07. The van der Waals surface area contributed by atoms with Crippen LogP contribution < -0.4 is 15.1 Å². The minimum atomic E-state index is -0.144. The second kappa shape index (κ2) is 7.69. The van der Waals surface area contributed by atoms with Crippen LogP contribution in [0.3, 0.4) is 0 Å². The number of tetrazole rings is 1. The molecule has 1 fully saturated rings. The number of nitrogens with one attached hydrogen (secondary N) is 2. The Morgan fingerprint density at radius 1 is 1.40 bits per heavy atom. The van der Waals surface area contributed by atoms with E-state index in [0.717, 1.165) is 25.1 Å². The number of anilines is 2. The number of carbonyl (C=O) groups excluding carboxylic acids is 1. The van der Waals surface area contributed by atoms with Gasteiger partial charge in [0, 0.05) is 36.9 Å². The molecule has 1 aromatic heterocycles. The number of halogens is 1. The van der Waals surface area contributed by atoms with E-state index in [9.17, 15) is 4.79 Å². The lowest BCUT2D eigenvalue weighted by Gasteiger charge is -2.26. The van der Waals surface area contributed by atoms with Gasteiger partial charge in [0.05, 0.1) is 0 Å². The Kier molecular flexibility index (Phi) is 5.37. The van der Waals surface area contributed by atoms with Crippen molar-refractivity contribution in [1.29, 1.82) is 0 Å². The van der Waals surface area contributed by atoms with Crippen LogP contribution >= 0.6 is 11.6 Å². The van der Waals surface area contributed by atoms with E-state index in [2.05, 4.69) is 37.8 Å². The van der Waals surface area contributed by atoms with Crippen LogP contribution in [0.5, 0.6) is 0 Å². The van der Waals surface area contributed by atoms with Crippen LogP contribution in [0, 0.1) is 5.92 Å². The topological polar surface area (TPSA) is 90.0 Å². The highest BCUT2D eigenvalue weighted by Gasteiger charge is 2.26. The number of H-pyrrole nitrogens is 1. The van der Waals surface area contributed by atoms with E-state index in [4.69, 9.17) is 11.6 Å². The zero-order chi connectivity index (χ0) is 17.8. The molecular formula is C16H22ClN7O. The van der Waals surface area contributed by atoms with Crippen LogP contribution in [0.2, 0.25) is 5.02 Å². The molecule has 2 atom stereocenters. The number of benzene rings is 1. The maximum Gasteiger partial charge on any atom is 0.321 e. The van der Waals surface area contributed by atoms with Gasteiger partial charge in [0.25, 0.3) is 5.95 Å². The summed E-state index contributed by atoms with van der Waals surface area (Å²) in [5, 5.41) is 18.0. The number of amides is 2. The third-order valence-corrected chi connectivity index (χ3v) is 4.73. The second-order valence-corrected chi connectivity index (χ2v) is 6.91. The highest BCUT2D eigenvalue weighted by molar-refractivity contribution is 6.30. The second-order valence-electron chi connectivity index (χ2n) is 6.47. The molecule has 1 aromatic carbocycles. The summed E-state index contributed by atoms with van der Waals surface area (Å²) in [7, 11) is 1.75. The lowest BCUT2D eigenvalue weighted by Crippen LogP contribution is -2.48. The predicted molar refractivity (Wildman–Crippen MR) is 97.0 cm³/mol. The van der Waals surface area contributed by atoms with E-state index < -0.39 is 0 Å². The molecule has 2 N–H and O–H groups in total. The van der Waals surface area contributed by atoms with Gasteiger partial charge in [0.2, 0.25) is 0 Å². The molecule has 1 saturated heterocycles. The normalized spacial score (nSPS) is 20.8. The molecular weight excluding hydrogens is 342 g/mol. The Hall–Kier alpha value is -2.35. The van der Waals surface area contributed by atoms with Crippen LogP contribution in [0.15, 0.2) is 24.3 Å². The zero-order valence-electron chi connectivity index (χ0n) is 14.3. The molecule has 0 spiro atoms. The van der Waals surface area contributed by atoms with Gasteiger partial charge in [-0.15, -0.1) is 5.10 Å². The maximum absolute atomic E-state index is 12.6. The molecule has 9 heteroatoms. The first kappa shape index (κ1) is 17.5. The van der Waals surface area contributed by atoms with Crippen molar-refractivity contribution in [2.24, 2.45) is 5.92 Å². The average Bonchev–Trinajstić information content (AvgIpc) is 3.06. The van der Waals surface area contributed by atoms with Gasteiger partial charge < -0.3 is 10.2 Å². The van der Waals surface area contributed by atoms with Gasteiger partial charge >= 0.3 is 6.03 Å². The van der Waals surface area contributed by atoms with Gasteiger partial charge in [-0.2, -0.15) is 5.21 Å². The number of carbonyl (C=O) groups is 1. The number of hydrogen-bond acceptors (Lipinski definition) is 5. The quantitative estimate of drug-likeness (QED) is 0.873. The first-order chi connectivity index (χ1) is 12.0. The van der Waals surface area contributed by atoms with E-state index in [1.54, 1.807) is 24.1 Å². The lowest BCUT2D eigenvalue weighted by atomic mass is 10.0. The predicted octanol–water partition coefficient (Wildman–Crippen LogP) is 2.30. The van der Waals surface area contributed by atoms with Crippen LogP contribution in [-0.2, 0) is 0 Å². The SMILES string of the molecule is C[C@@H]1CCN(c2nn[nH]n2)C[C@H](NC(=O)N(C)c2ccc(Cl)cc2)C1. The minimum absolute atomic E-state index is 0.0123. The van der Waals surface area contributed by atoms with Crippen LogP contribution in [0.1, 0.15) is 19.8 Å². The molecule has 2 heterocycles. The average molecular weight is 364 g/mol. The summed E-state index contributed by atoms with van der Waals surface area (Å²) < 4.78 is 0. The fraction of sp³-hybridized carbons (Fsp3) is 0.500. The zero-order valence-corrected chi connectivity index (χ0v) is 15.1. The number of aromatic amines is 1. The third kappa shape index (κ3) is 4.39. The number of aromatic nitrogens is 4. The highest BCUT2D eigenvalue weighted by atomic mass is 35.5. The Bertz CT molecular complexity index is 691. The van der Waals surface area contributed by atoms with E-state index in [1.165, 1.54) is 0 Å². The molecule has 25 heavy (non-hydrogen) atoms. The summed E-state index contributed by atoms with van der Waals surface area (Å²) in [6, 6.07) is 7.05. The Morgan fingerprint density at radius 2 is 2.16 bits per heavy atom. The van der Waals surface area contributed by atoms with Crippen LogP contribution in [0.25, 0.3) is 0 Å². The molecule has 0 bridgehead atoms. The number of hydrogen-bond donors (Lipinski definition) is 2. The van der Waals surface area contributed by atoms with Crippen LogP contribution in [-0.4, -0.2) is 52.8 Å². The smallest absolute Gasteiger partial charge is 0.321 e. The van der Waals surface area contributed by atoms with Crippen molar-refractivity contribution in [3.05, 3.63) is 29.3 Å². The van der Waals surface area contributed by atoms with E-state index in [1.807, 2.05) is 12.1 Å². The van der Waals surface area contributed by atoms with Crippen LogP contribution in [0.4, 0.5) is 16.4 Å². The third-order valence-electron chi connectivity index (χ3n) is 4.48. The first-order valence-corrected chi connectivity index (χ1v) is 8.69. The Balaban J connectivity index is 1.66. The van der Waals surface area contributed by atoms with E-state index >= 15 is 0 Å². The molecule has 3 rings (SSSR count). The number of nitrogens with zero attached hydrogens (tertiary/aromatic N) is 5. The maximum atomic E-state index is 12.6. The monoisotopic (exact) mass is 363 g/mol. The fourth-order valence-corrected chi connectivity index (χ4v) is 3.17. The largest absolute Gasteiger partial charge is 0.336 e. The summed E-state index contributed by atoms with van der Waals surface area (Å²) in [6.45, 7) is 3.70. The summed E-state index contributed by atoms with van der Waals surface area (Å²) >= 11 is 5.91. The minimum Gasteiger partial charge on any atom is -0.336 e. The van der Waals surface area contributed by atoms with Crippen molar-refractivity contribution in [2.45, 2.75) is 25.8 Å². The lowest BCUT2D eigenvalue weighted by molar-refractivity contribution is 0.242. The van der Waals surface area contributed by atoms with Crippen molar-refractivity contribution in [3.8, 4) is 0 Å². The van der Waals surface area contributed by atoms with Gasteiger partial charge in [-0.3, -0.25) is 4.90 Å². The standard InChI is InChI=1S/C16H22ClN7O/c1-11-7-8-24(15-19-21-22-20-15)10-13(9-11)18-16(25)23(2)14-5-3-12(17)4-6-14/h3-6,11,13H,7-10H2,1-2H3,(H,18,25)(H,19,20,21,22)/t11-,13-/m1/s1. The molecule has 134 valence electrons. The van der Waals surface area contributed by atoms with Crippen molar-refractivity contribution in [1.82, 2.24) is 25.9 Å². The van der Waals surface area contributed by atoms with Crippen molar-refractivity contribution in [2.75, 3.05) is 29.9 Å². The molecule has 0 aliphatic carbocycles. The fourth-order valence-electron chi connectivity index (χ4n) is 3.04. The molecule has 2 aromatic rings. The van der Waals surface area contributed by atoms with Crippen molar-refractivity contribution in [3.63, 3.8) is 0 Å². The summed E-state index contributed by atoms with van der Waals surface area (Å²) in [5.41, 5.74) is 0.790. The van der Waals surface area contributed by atoms with E-state index in [0.29, 0.717) is 23.4 Å². The van der Waals surface area contributed by atoms with Gasteiger partial charge in [0.1, 0.15) is 0 Å². The molecule has 0 radical (unpaired) electrons. The molecule has 0 saturated carbocycles. The van der Waals surface area contributed by atoms with Gasteiger partial charge in [-0.25, -0.2) is 4.79 Å². The van der Waals surface area contributed by atoms with Crippen molar-refractivity contribution < 1.29 is 4.79 Å². The molecule has 0 unspecified atom stereocenters. The number of rotatable bonds is 3. The first-order valence-electron chi connectivity index (χ1n) is 8.31. The summed E-state index contributed by atoms with van der Waals surface area (Å²) in [4.78, 5) is 16.3. The Labute approximate surface area is 151 Å². The van der Waals surface area contributed by atoms with E-state index in [-0.39, 0.29) is 12.1 Å². The van der Waals surface area contributed by atoms with Crippen molar-refractivity contribution >= 4 is 29.3 Å². The molecule has 2 amide bonds. The van der Waals surface area contributed by atoms with Gasteiger partial charge in [0.15, 0.2) is 0 Å². The number of urea groups is 1. The van der Waals surface area contributed by atoms with Gasteiger partial charge in [-0.05, 0) is 48.2 Å².